The topological polar surface area (TPSA) is 110 Å². The van der Waals surface area contributed by atoms with Crippen LogP contribution in [-0.4, -0.2) is 35.0 Å². The molecule has 0 saturated carbocycles. The Labute approximate surface area is 233 Å². The van der Waals surface area contributed by atoms with Crippen LogP contribution >= 0.6 is 11.6 Å². The zero-order valence-corrected chi connectivity index (χ0v) is 22.7. The lowest BCUT2D eigenvalue weighted by molar-refractivity contribution is -0.146. The van der Waals surface area contributed by atoms with Crippen molar-refractivity contribution in [3.8, 4) is 5.69 Å². The minimum Gasteiger partial charge on any atom is -0.403 e. The number of aromatic nitrogens is 7. The first-order valence-corrected chi connectivity index (χ1v) is 13.2. The number of alkyl halides is 3. The smallest absolute Gasteiger partial charge is 0.403 e. The van der Waals surface area contributed by atoms with Crippen LogP contribution in [0.25, 0.3) is 5.69 Å². The van der Waals surface area contributed by atoms with Gasteiger partial charge in [0.05, 0.1) is 12.2 Å². The van der Waals surface area contributed by atoms with Crippen molar-refractivity contribution in [3.63, 3.8) is 0 Å². The molecule has 1 unspecified atom stereocenters. The summed E-state index contributed by atoms with van der Waals surface area (Å²) in [6, 6.07) is 10.6. The highest BCUT2D eigenvalue weighted by atomic mass is 35.5. The van der Waals surface area contributed by atoms with E-state index in [1.54, 1.807) is 18.2 Å². The molecule has 40 heavy (non-hydrogen) atoms. The highest BCUT2D eigenvalue weighted by Gasteiger charge is 2.43. The molecule has 0 spiro atoms. The van der Waals surface area contributed by atoms with Crippen molar-refractivity contribution < 1.29 is 17.9 Å². The van der Waals surface area contributed by atoms with E-state index in [9.17, 15) is 13.2 Å². The third kappa shape index (κ3) is 5.46. The Morgan fingerprint density at radius 2 is 1.95 bits per heavy atom. The van der Waals surface area contributed by atoms with E-state index in [0.29, 0.717) is 34.9 Å². The van der Waals surface area contributed by atoms with Crippen LogP contribution < -0.4 is 5.73 Å². The lowest BCUT2D eigenvalue weighted by atomic mass is 9.92. The van der Waals surface area contributed by atoms with Crippen LogP contribution in [0.4, 0.5) is 13.2 Å². The molecule has 5 rings (SSSR count). The summed E-state index contributed by atoms with van der Waals surface area (Å²) in [6.07, 6.45) is -4.37. The lowest BCUT2D eigenvalue weighted by Gasteiger charge is -2.25. The van der Waals surface area contributed by atoms with Crippen molar-refractivity contribution in [2.24, 2.45) is 5.73 Å². The summed E-state index contributed by atoms with van der Waals surface area (Å²) in [5.41, 5.74) is 9.83. The molecule has 0 radical (unpaired) electrons. The van der Waals surface area contributed by atoms with Gasteiger partial charge in [0.25, 0.3) is 0 Å². The number of halogens is 4. The summed E-state index contributed by atoms with van der Waals surface area (Å²) in [5, 5.41) is 20.4. The van der Waals surface area contributed by atoms with Crippen LogP contribution in [-0.2, 0) is 30.3 Å². The molecule has 0 bridgehead atoms. The van der Waals surface area contributed by atoms with E-state index in [4.69, 9.17) is 22.1 Å². The highest BCUT2D eigenvalue weighted by molar-refractivity contribution is 6.30. The van der Waals surface area contributed by atoms with Crippen LogP contribution in [0, 0.1) is 6.92 Å². The Bertz CT molecular complexity index is 1550. The zero-order valence-electron chi connectivity index (χ0n) is 22.0. The van der Waals surface area contributed by atoms with Gasteiger partial charge in [0.1, 0.15) is 12.2 Å². The quantitative estimate of drug-likeness (QED) is 0.299. The van der Waals surface area contributed by atoms with Gasteiger partial charge in [-0.2, -0.15) is 18.0 Å². The summed E-state index contributed by atoms with van der Waals surface area (Å²) in [4.78, 5) is 1.39. The van der Waals surface area contributed by atoms with E-state index >= 15 is 0 Å². The largest absolute Gasteiger partial charge is 0.452 e. The number of hydrogen-bond acceptors (Lipinski definition) is 7. The monoisotopic (exact) mass is 572 g/mol. The second-order valence-corrected chi connectivity index (χ2v) is 10.1. The number of nitrogens with zero attached hydrogens (tertiary/aromatic N) is 7. The van der Waals surface area contributed by atoms with Crippen LogP contribution in [0.1, 0.15) is 71.7 Å². The second-order valence-electron chi connectivity index (χ2n) is 9.66. The SMILES string of the molecule is C=C(N)CCc1nnn(CC[C@H]2OC(c3cccc(CC)c3C)c3cc(Cl)ccc3-n3c2nnc3C(F)(F)F)n1. The fourth-order valence-corrected chi connectivity index (χ4v) is 5.13. The van der Waals surface area contributed by atoms with Crippen LogP contribution in [0.15, 0.2) is 48.7 Å². The Kier molecular flexibility index (Phi) is 7.65. The van der Waals surface area contributed by atoms with Crippen LogP contribution in [0.5, 0.6) is 0 Å². The molecule has 3 heterocycles. The Balaban J connectivity index is 1.59. The minimum atomic E-state index is -4.75. The summed E-state index contributed by atoms with van der Waals surface area (Å²) in [7, 11) is 0. The molecule has 4 aromatic rings. The number of aryl methyl sites for hydroxylation is 3. The molecular formula is C27H28ClF3N8O. The number of fused-ring (bicyclic) bond motifs is 3. The van der Waals surface area contributed by atoms with Gasteiger partial charge in [0.15, 0.2) is 11.6 Å². The summed E-state index contributed by atoms with van der Waals surface area (Å²) in [5.74, 6) is -0.618. The first-order chi connectivity index (χ1) is 19.1. The maximum Gasteiger partial charge on any atom is 0.452 e. The van der Waals surface area contributed by atoms with Gasteiger partial charge in [0.2, 0.25) is 5.82 Å². The van der Waals surface area contributed by atoms with Crippen molar-refractivity contribution in [1.82, 2.24) is 35.0 Å². The maximum absolute atomic E-state index is 14.2. The van der Waals surface area contributed by atoms with Gasteiger partial charge in [-0.05, 0) is 59.9 Å². The zero-order chi connectivity index (χ0) is 28.6. The molecule has 0 aliphatic carbocycles. The maximum atomic E-state index is 14.2. The minimum absolute atomic E-state index is 0.0301. The molecule has 1 aliphatic heterocycles. The van der Waals surface area contributed by atoms with E-state index in [0.717, 1.165) is 27.7 Å². The van der Waals surface area contributed by atoms with Gasteiger partial charge < -0.3 is 10.5 Å². The highest BCUT2D eigenvalue weighted by Crippen LogP contribution is 2.44. The molecule has 1 aliphatic rings. The Morgan fingerprint density at radius 3 is 2.67 bits per heavy atom. The lowest BCUT2D eigenvalue weighted by Crippen LogP contribution is -2.17. The number of nitrogens with two attached hydrogens (primary N) is 1. The molecule has 0 saturated heterocycles. The fraction of sp³-hybridized carbons (Fsp3) is 0.370. The van der Waals surface area contributed by atoms with Crippen molar-refractivity contribution in [3.05, 3.63) is 93.4 Å². The van der Waals surface area contributed by atoms with Gasteiger partial charge >= 0.3 is 6.18 Å². The first kappa shape index (κ1) is 27.8. The number of allylic oxidation sites excluding steroid dienone is 1. The Hall–Kier alpha value is -3.77. The molecule has 2 aromatic heterocycles. The van der Waals surface area contributed by atoms with Gasteiger partial charge in [-0.25, -0.2) is 0 Å². The van der Waals surface area contributed by atoms with Gasteiger partial charge in [-0.3, -0.25) is 4.57 Å². The first-order valence-electron chi connectivity index (χ1n) is 12.8. The fourth-order valence-electron chi connectivity index (χ4n) is 4.95. The molecule has 13 heteroatoms. The third-order valence-electron chi connectivity index (χ3n) is 6.95. The predicted octanol–water partition coefficient (Wildman–Crippen LogP) is 5.45. The van der Waals surface area contributed by atoms with Gasteiger partial charge in [0, 0.05) is 29.1 Å². The van der Waals surface area contributed by atoms with Crippen molar-refractivity contribution in [2.45, 2.75) is 64.5 Å². The average molecular weight is 573 g/mol. The molecule has 2 N–H and O–H groups in total. The molecule has 2 aromatic carbocycles. The normalized spacial score (nSPS) is 16.9. The van der Waals surface area contributed by atoms with E-state index in [2.05, 4.69) is 32.2 Å². The second kappa shape index (κ2) is 11.0. The molecule has 210 valence electrons. The molecule has 0 fully saturated rings. The summed E-state index contributed by atoms with van der Waals surface area (Å²) in [6.45, 7) is 7.92. The van der Waals surface area contributed by atoms with Gasteiger partial charge in [-0.1, -0.05) is 43.3 Å². The summed E-state index contributed by atoms with van der Waals surface area (Å²) >= 11 is 6.38. The number of tetrazole rings is 1. The number of rotatable bonds is 8. The number of benzene rings is 2. The average Bonchev–Trinajstić information content (AvgIpc) is 3.53. The van der Waals surface area contributed by atoms with E-state index < -0.39 is 24.2 Å². The standard InChI is InChI=1S/C27H28ClF3N8O/c1-4-17-6-5-7-19(16(17)3)24-20-14-18(28)9-10-21(20)39-25(34-35-26(39)27(29,30)31)22(40-24)12-13-38-36-23(33-37-38)11-8-15(2)32/h5-7,9-10,14,22,24H,2,4,8,11-13,32H2,1,3H3/t22-,24?/m1/s1. The van der Waals surface area contributed by atoms with E-state index in [-0.39, 0.29) is 24.5 Å². The van der Waals surface area contributed by atoms with Crippen LogP contribution in [0.3, 0.4) is 0 Å². The molecule has 9 nitrogen and oxygen atoms in total. The third-order valence-corrected chi connectivity index (χ3v) is 7.18. The van der Waals surface area contributed by atoms with Crippen molar-refractivity contribution >= 4 is 11.6 Å². The number of ether oxygens (including phenoxy) is 1. The van der Waals surface area contributed by atoms with E-state index in [1.165, 1.54) is 4.80 Å². The molecule has 2 atom stereocenters. The molecule has 0 amide bonds. The Morgan fingerprint density at radius 1 is 1.15 bits per heavy atom. The van der Waals surface area contributed by atoms with Crippen molar-refractivity contribution in [1.29, 1.82) is 0 Å². The van der Waals surface area contributed by atoms with Crippen molar-refractivity contribution in [2.75, 3.05) is 0 Å². The predicted molar refractivity (Wildman–Crippen MR) is 142 cm³/mol. The van der Waals surface area contributed by atoms with E-state index in [1.807, 2.05) is 32.0 Å². The van der Waals surface area contributed by atoms with Gasteiger partial charge in [-0.15, -0.1) is 20.4 Å². The summed E-state index contributed by atoms with van der Waals surface area (Å²) < 4.78 is 50.2. The van der Waals surface area contributed by atoms with Crippen LogP contribution in [0.2, 0.25) is 5.02 Å². The number of hydrogen-bond donors (Lipinski definition) is 1. The molecular weight excluding hydrogens is 545 g/mol.